The monoisotopic (exact) mass is 176 g/mol. The van der Waals surface area contributed by atoms with Crippen LogP contribution >= 0.6 is 0 Å². The van der Waals surface area contributed by atoms with E-state index < -0.39 is 6.29 Å². The molecule has 0 saturated carbocycles. The zero-order valence-electron chi connectivity index (χ0n) is 7.83. The molecule has 12 heavy (non-hydrogen) atoms. The van der Waals surface area contributed by atoms with Crippen LogP contribution in [0.5, 0.6) is 0 Å². The summed E-state index contributed by atoms with van der Waals surface area (Å²) in [6.07, 6.45) is -0.411. The fourth-order valence-electron chi connectivity index (χ4n) is 0.794. The molecule has 0 aliphatic carbocycles. The molecule has 0 heterocycles. The summed E-state index contributed by atoms with van der Waals surface area (Å²) in [6, 6.07) is 0. The first-order valence-corrected chi connectivity index (χ1v) is 3.92. The van der Waals surface area contributed by atoms with Gasteiger partial charge in [0.15, 0.2) is 5.78 Å². The Balaban J connectivity index is 3.54. The highest BCUT2D eigenvalue weighted by Gasteiger charge is 2.15. The Kier molecular flexibility index (Phi) is 6.94. The van der Waals surface area contributed by atoms with Crippen molar-refractivity contribution in [2.75, 3.05) is 27.4 Å². The number of hydrogen-bond donors (Lipinski definition) is 0. The van der Waals surface area contributed by atoms with Crippen molar-refractivity contribution in [1.82, 2.24) is 0 Å². The van der Waals surface area contributed by atoms with Crippen molar-refractivity contribution in [3.63, 3.8) is 0 Å². The lowest BCUT2D eigenvalue weighted by Crippen LogP contribution is -2.25. The number of carbonyl (C=O) groups is 1. The molecule has 0 rings (SSSR count). The molecule has 0 bridgehead atoms. The van der Waals surface area contributed by atoms with E-state index >= 15 is 0 Å². The topological polar surface area (TPSA) is 44.8 Å². The lowest BCUT2D eigenvalue weighted by Gasteiger charge is -2.11. The van der Waals surface area contributed by atoms with Crippen LogP contribution in [0.3, 0.4) is 0 Å². The molecule has 0 atom stereocenters. The minimum absolute atomic E-state index is 0.0894. The summed E-state index contributed by atoms with van der Waals surface area (Å²) < 4.78 is 14.5. The molecule has 0 aromatic rings. The fraction of sp³-hybridized carbons (Fsp3) is 0.875. The van der Waals surface area contributed by atoms with Crippen molar-refractivity contribution >= 4 is 5.78 Å². The molecule has 0 fully saturated rings. The van der Waals surface area contributed by atoms with Crippen LogP contribution in [0.1, 0.15) is 13.3 Å². The van der Waals surface area contributed by atoms with Gasteiger partial charge in [-0.1, -0.05) is 0 Å². The number of carbonyl (C=O) groups excluding carboxylic acids is 1. The van der Waals surface area contributed by atoms with Crippen LogP contribution in [-0.2, 0) is 19.0 Å². The van der Waals surface area contributed by atoms with Gasteiger partial charge in [-0.15, -0.1) is 0 Å². The van der Waals surface area contributed by atoms with E-state index in [0.717, 1.165) is 0 Å². The Morgan fingerprint density at radius 2 is 1.92 bits per heavy atom. The number of ketones is 1. The second kappa shape index (κ2) is 7.21. The third-order valence-electron chi connectivity index (χ3n) is 1.39. The molecular weight excluding hydrogens is 160 g/mol. The van der Waals surface area contributed by atoms with Gasteiger partial charge in [-0.2, -0.15) is 0 Å². The molecule has 0 aliphatic rings. The van der Waals surface area contributed by atoms with E-state index in [1.54, 1.807) is 0 Å². The Labute approximate surface area is 72.8 Å². The molecule has 0 aliphatic heterocycles. The zero-order chi connectivity index (χ0) is 9.40. The van der Waals surface area contributed by atoms with Crippen molar-refractivity contribution in [2.45, 2.75) is 19.6 Å². The van der Waals surface area contributed by atoms with Crippen molar-refractivity contribution < 1.29 is 19.0 Å². The number of Topliss-reactive ketones (excluding diaryl/α,β-unsaturated/α-hetero) is 1. The van der Waals surface area contributed by atoms with Crippen molar-refractivity contribution in [3.05, 3.63) is 0 Å². The number of rotatable bonds is 7. The highest BCUT2D eigenvalue weighted by molar-refractivity contribution is 5.81. The summed E-state index contributed by atoms with van der Waals surface area (Å²) >= 11 is 0. The minimum Gasteiger partial charge on any atom is -0.381 e. The molecule has 0 aromatic heterocycles. The first-order chi connectivity index (χ1) is 5.76. The summed E-state index contributed by atoms with van der Waals surface area (Å²) in [4.78, 5) is 11.2. The van der Waals surface area contributed by atoms with Gasteiger partial charge in [0.05, 0.1) is 6.61 Å². The first-order valence-electron chi connectivity index (χ1n) is 3.92. The maximum absolute atomic E-state index is 11.2. The average Bonchev–Trinajstić information content (AvgIpc) is 2.07. The summed E-state index contributed by atoms with van der Waals surface area (Å²) in [5.74, 6) is -0.0894. The van der Waals surface area contributed by atoms with Crippen LogP contribution in [-0.4, -0.2) is 39.5 Å². The molecule has 0 saturated heterocycles. The molecule has 0 aromatic carbocycles. The standard InChI is InChI=1S/C8H16O4/c1-4-12-6-5-7(9)8(10-2)11-3/h8H,4-6H2,1-3H3. The second-order valence-corrected chi connectivity index (χ2v) is 2.22. The normalized spacial score (nSPS) is 10.7. The van der Waals surface area contributed by atoms with E-state index in [4.69, 9.17) is 14.2 Å². The van der Waals surface area contributed by atoms with E-state index in [0.29, 0.717) is 19.6 Å². The largest absolute Gasteiger partial charge is 0.381 e. The Hall–Kier alpha value is -0.450. The smallest absolute Gasteiger partial charge is 0.217 e. The van der Waals surface area contributed by atoms with E-state index in [1.807, 2.05) is 6.92 Å². The SMILES string of the molecule is CCOCCC(=O)C(OC)OC. The van der Waals surface area contributed by atoms with E-state index in [1.165, 1.54) is 14.2 Å². The van der Waals surface area contributed by atoms with Gasteiger partial charge in [-0.25, -0.2) is 0 Å². The number of ether oxygens (including phenoxy) is 3. The molecule has 0 spiro atoms. The fourth-order valence-corrected chi connectivity index (χ4v) is 0.794. The first kappa shape index (κ1) is 11.6. The van der Waals surface area contributed by atoms with Crippen LogP contribution in [0.2, 0.25) is 0 Å². The van der Waals surface area contributed by atoms with Crippen LogP contribution < -0.4 is 0 Å². The van der Waals surface area contributed by atoms with Gasteiger partial charge in [0.25, 0.3) is 0 Å². The summed E-state index contributed by atoms with van der Waals surface area (Å²) in [5.41, 5.74) is 0. The van der Waals surface area contributed by atoms with E-state index in [-0.39, 0.29) is 5.78 Å². The highest BCUT2D eigenvalue weighted by atomic mass is 16.7. The maximum atomic E-state index is 11.2. The van der Waals surface area contributed by atoms with Crippen LogP contribution in [0.15, 0.2) is 0 Å². The summed E-state index contributed by atoms with van der Waals surface area (Å²) in [7, 11) is 2.87. The quantitative estimate of drug-likeness (QED) is 0.421. The third-order valence-corrected chi connectivity index (χ3v) is 1.39. The van der Waals surface area contributed by atoms with Gasteiger partial charge < -0.3 is 14.2 Å². The Morgan fingerprint density at radius 1 is 1.33 bits per heavy atom. The zero-order valence-corrected chi connectivity index (χ0v) is 7.83. The maximum Gasteiger partial charge on any atom is 0.217 e. The Bertz CT molecular complexity index is 120. The molecule has 0 N–H and O–H groups in total. The molecule has 4 nitrogen and oxygen atoms in total. The van der Waals surface area contributed by atoms with Gasteiger partial charge in [0, 0.05) is 27.2 Å². The summed E-state index contributed by atoms with van der Waals surface area (Å²) in [5, 5.41) is 0. The van der Waals surface area contributed by atoms with Crippen LogP contribution in [0.4, 0.5) is 0 Å². The van der Waals surface area contributed by atoms with E-state index in [9.17, 15) is 4.79 Å². The molecule has 0 unspecified atom stereocenters. The molecular formula is C8H16O4. The highest BCUT2D eigenvalue weighted by Crippen LogP contribution is 1.97. The third kappa shape index (κ3) is 4.43. The number of hydrogen-bond acceptors (Lipinski definition) is 4. The van der Waals surface area contributed by atoms with Gasteiger partial charge >= 0.3 is 0 Å². The lowest BCUT2D eigenvalue weighted by molar-refractivity contribution is -0.157. The second-order valence-electron chi connectivity index (χ2n) is 2.22. The Morgan fingerprint density at radius 3 is 2.33 bits per heavy atom. The molecule has 72 valence electrons. The predicted octanol–water partition coefficient (Wildman–Crippen LogP) is 0.601. The predicted molar refractivity (Wildman–Crippen MR) is 43.9 cm³/mol. The van der Waals surface area contributed by atoms with Gasteiger partial charge in [-0.3, -0.25) is 4.79 Å². The van der Waals surface area contributed by atoms with Crippen LogP contribution in [0.25, 0.3) is 0 Å². The minimum atomic E-state index is -0.745. The summed E-state index contributed by atoms with van der Waals surface area (Å²) in [6.45, 7) is 2.94. The average molecular weight is 176 g/mol. The molecule has 0 radical (unpaired) electrons. The van der Waals surface area contributed by atoms with Gasteiger partial charge in [0.2, 0.25) is 6.29 Å². The molecule has 0 amide bonds. The van der Waals surface area contributed by atoms with Crippen molar-refractivity contribution in [2.24, 2.45) is 0 Å². The number of methoxy groups -OCH3 is 2. The van der Waals surface area contributed by atoms with E-state index in [2.05, 4.69) is 0 Å². The van der Waals surface area contributed by atoms with Crippen LogP contribution in [0, 0.1) is 0 Å². The molecule has 4 heteroatoms. The van der Waals surface area contributed by atoms with Gasteiger partial charge in [0.1, 0.15) is 0 Å². The lowest BCUT2D eigenvalue weighted by atomic mass is 10.3. The van der Waals surface area contributed by atoms with Crippen molar-refractivity contribution in [1.29, 1.82) is 0 Å². The van der Waals surface area contributed by atoms with Crippen molar-refractivity contribution in [3.8, 4) is 0 Å². The van der Waals surface area contributed by atoms with Gasteiger partial charge in [-0.05, 0) is 6.92 Å².